The lowest BCUT2D eigenvalue weighted by Crippen LogP contribution is -2.35. The van der Waals surface area contributed by atoms with Crippen LogP contribution in [0.1, 0.15) is 36.8 Å². The van der Waals surface area contributed by atoms with E-state index in [-0.39, 0.29) is 10.3 Å². The Morgan fingerprint density at radius 3 is 2.50 bits per heavy atom. The summed E-state index contributed by atoms with van der Waals surface area (Å²) < 4.78 is 41.7. The number of benzene rings is 2. The van der Waals surface area contributed by atoms with Crippen molar-refractivity contribution in [2.75, 3.05) is 10.8 Å². The summed E-state index contributed by atoms with van der Waals surface area (Å²) in [6, 6.07) is 11.9. The highest BCUT2D eigenvalue weighted by molar-refractivity contribution is 7.92. The number of aryl methyl sites for hydroxylation is 1. The van der Waals surface area contributed by atoms with Crippen molar-refractivity contribution in [2.45, 2.75) is 42.9 Å². The van der Waals surface area contributed by atoms with Crippen LogP contribution in [0.4, 0.5) is 10.1 Å². The summed E-state index contributed by atoms with van der Waals surface area (Å²) >= 11 is 0. The Labute approximate surface area is 142 Å². The number of anilines is 1. The second-order valence-electron chi connectivity index (χ2n) is 6.93. The van der Waals surface area contributed by atoms with Crippen LogP contribution < -0.4 is 4.31 Å². The minimum atomic E-state index is -3.76. The molecule has 1 aliphatic heterocycles. The van der Waals surface area contributed by atoms with E-state index in [2.05, 4.69) is 0 Å². The highest BCUT2D eigenvalue weighted by Gasteiger charge is 2.47. The molecule has 126 valence electrons. The van der Waals surface area contributed by atoms with Crippen molar-refractivity contribution in [3.05, 3.63) is 59.4 Å². The van der Waals surface area contributed by atoms with Crippen molar-refractivity contribution in [3.8, 4) is 0 Å². The van der Waals surface area contributed by atoms with Crippen LogP contribution >= 0.6 is 0 Å². The molecule has 2 aromatic rings. The lowest BCUT2D eigenvalue weighted by molar-refractivity contribution is 0.477. The van der Waals surface area contributed by atoms with Crippen molar-refractivity contribution in [1.82, 2.24) is 0 Å². The van der Waals surface area contributed by atoms with E-state index in [9.17, 15) is 12.8 Å². The molecule has 0 saturated heterocycles. The fraction of sp³-hybridized carbons (Fsp3) is 0.368. The third-order valence-electron chi connectivity index (χ3n) is 5.48. The molecule has 1 fully saturated rings. The van der Waals surface area contributed by atoms with Gasteiger partial charge in [-0.05, 0) is 49.1 Å². The van der Waals surface area contributed by atoms with E-state index in [1.165, 1.54) is 16.4 Å². The maximum atomic E-state index is 13.9. The minimum absolute atomic E-state index is 0.0236. The molecular formula is C19H20FNO2S. The second-order valence-corrected chi connectivity index (χ2v) is 8.79. The molecule has 0 aromatic heterocycles. The van der Waals surface area contributed by atoms with E-state index in [0.29, 0.717) is 12.1 Å². The number of fused-ring (bicyclic) bond motifs is 2. The van der Waals surface area contributed by atoms with Gasteiger partial charge in [0.25, 0.3) is 10.0 Å². The summed E-state index contributed by atoms with van der Waals surface area (Å²) in [6.07, 6.45) is 4.28. The lowest BCUT2D eigenvalue weighted by atomic mass is 9.81. The largest absolute Gasteiger partial charge is 0.265 e. The maximum Gasteiger partial charge on any atom is 0.264 e. The van der Waals surface area contributed by atoms with Crippen LogP contribution in [0.15, 0.2) is 47.4 Å². The zero-order valence-corrected chi connectivity index (χ0v) is 14.4. The number of hydrogen-bond acceptors (Lipinski definition) is 2. The van der Waals surface area contributed by atoms with Crippen LogP contribution in [0.25, 0.3) is 0 Å². The Kier molecular flexibility index (Phi) is 3.46. The summed E-state index contributed by atoms with van der Waals surface area (Å²) in [4.78, 5) is 0.0236. The van der Waals surface area contributed by atoms with Crippen molar-refractivity contribution in [2.24, 2.45) is 0 Å². The van der Waals surface area contributed by atoms with Crippen molar-refractivity contribution in [3.63, 3.8) is 0 Å². The molecule has 1 heterocycles. The van der Waals surface area contributed by atoms with Crippen LogP contribution in [-0.4, -0.2) is 15.0 Å². The quantitative estimate of drug-likeness (QED) is 0.820. The van der Waals surface area contributed by atoms with Crippen LogP contribution in [0.5, 0.6) is 0 Å². The normalized spacial score (nSPS) is 19.0. The smallest absolute Gasteiger partial charge is 0.264 e. The number of halogens is 1. The summed E-state index contributed by atoms with van der Waals surface area (Å²) in [6.45, 7) is 2.09. The van der Waals surface area contributed by atoms with Crippen molar-refractivity contribution >= 4 is 15.7 Å². The predicted molar refractivity (Wildman–Crippen MR) is 92.3 cm³/mol. The van der Waals surface area contributed by atoms with Crippen LogP contribution in [0, 0.1) is 12.7 Å². The Morgan fingerprint density at radius 1 is 1.08 bits per heavy atom. The summed E-state index contributed by atoms with van der Waals surface area (Å²) in [5.41, 5.74) is 2.24. The number of nitrogens with zero attached hydrogens (tertiary/aromatic N) is 1. The van der Waals surface area contributed by atoms with Crippen molar-refractivity contribution < 1.29 is 12.8 Å². The zero-order chi connectivity index (χ0) is 16.9. The molecule has 2 aliphatic rings. The molecule has 0 N–H and O–H groups in total. The molecule has 3 nitrogen and oxygen atoms in total. The lowest BCUT2D eigenvalue weighted by Gasteiger charge is -2.25. The van der Waals surface area contributed by atoms with Gasteiger partial charge >= 0.3 is 0 Å². The Bertz CT molecular complexity index is 901. The summed E-state index contributed by atoms with van der Waals surface area (Å²) in [5.74, 6) is -0.487. The average molecular weight is 345 g/mol. The van der Waals surface area contributed by atoms with Crippen LogP contribution in [0.2, 0.25) is 0 Å². The number of hydrogen-bond donors (Lipinski definition) is 0. The molecule has 1 spiro atoms. The predicted octanol–water partition coefficient (Wildman–Crippen LogP) is 4.15. The fourth-order valence-corrected chi connectivity index (χ4v) is 5.72. The Morgan fingerprint density at radius 2 is 1.79 bits per heavy atom. The fourth-order valence-electron chi connectivity index (χ4n) is 4.14. The van der Waals surface area contributed by atoms with Crippen LogP contribution in [-0.2, 0) is 15.4 Å². The molecule has 0 unspecified atom stereocenters. The van der Waals surface area contributed by atoms with E-state index < -0.39 is 15.8 Å². The first-order valence-electron chi connectivity index (χ1n) is 8.32. The van der Waals surface area contributed by atoms with Crippen molar-refractivity contribution in [1.29, 1.82) is 0 Å². The topological polar surface area (TPSA) is 37.4 Å². The minimum Gasteiger partial charge on any atom is -0.265 e. The van der Waals surface area contributed by atoms with E-state index >= 15 is 0 Å². The third kappa shape index (κ3) is 2.18. The molecule has 24 heavy (non-hydrogen) atoms. The van der Waals surface area contributed by atoms with Gasteiger partial charge in [-0.1, -0.05) is 37.1 Å². The molecular weight excluding hydrogens is 325 g/mol. The van der Waals surface area contributed by atoms with E-state index in [1.807, 2.05) is 24.3 Å². The first kappa shape index (κ1) is 15.6. The number of para-hydroxylation sites is 1. The van der Waals surface area contributed by atoms with E-state index in [4.69, 9.17) is 0 Å². The van der Waals surface area contributed by atoms with E-state index in [0.717, 1.165) is 43.0 Å². The monoisotopic (exact) mass is 345 g/mol. The maximum absolute atomic E-state index is 13.9. The SMILES string of the molecule is Cc1ccc(S(=O)(=O)N2CC3(CCCC3)c3ccccc32)cc1F. The van der Waals surface area contributed by atoms with Gasteiger partial charge in [-0.3, -0.25) is 4.31 Å². The number of rotatable bonds is 2. The van der Waals surface area contributed by atoms with Gasteiger partial charge in [0.15, 0.2) is 0 Å². The molecule has 5 heteroatoms. The van der Waals surface area contributed by atoms with Gasteiger partial charge in [0, 0.05) is 12.0 Å². The van der Waals surface area contributed by atoms with Gasteiger partial charge < -0.3 is 0 Å². The molecule has 0 bridgehead atoms. The first-order chi connectivity index (χ1) is 11.4. The second kappa shape index (κ2) is 5.31. The summed E-state index contributed by atoms with van der Waals surface area (Å²) in [7, 11) is -3.76. The average Bonchev–Trinajstić information content (AvgIpc) is 3.17. The Hall–Kier alpha value is -1.88. The van der Waals surface area contributed by atoms with Gasteiger partial charge in [0.2, 0.25) is 0 Å². The summed E-state index contributed by atoms with van der Waals surface area (Å²) in [5, 5.41) is 0. The van der Waals surface area contributed by atoms with Gasteiger partial charge in [-0.25, -0.2) is 12.8 Å². The highest BCUT2D eigenvalue weighted by Crippen LogP contribution is 2.51. The molecule has 0 atom stereocenters. The molecule has 1 saturated carbocycles. The third-order valence-corrected chi connectivity index (χ3v) is 7.24. The van der Waals surface area contributed by atoms with Gasteiger partial charge in [0.05, 0.1) is 10.6 Å². The standard InChI is InChI=1S/C19H20FNO2S/c1-14-8-9-15(12-17(14)20)24(22,23)21-13-19(10-4-5-11-19)16-6-2-3-7-18(16)21/h2-3,6-9,12H,4-5,10-11,13H2,1H3. The Balaban J connectivity index is 1.83. The zero-order valence-electron chi connectivity index (χ0n) is 13.6. The number of sulfonamides is 1. The molecule has 2 aromatic carbocycles. The van der Waals surface area contributed by atoms with Gasteiger partial charge in [-0.15, -0.1) is 0 Å². The molecule has 0 amide bonds. The van der Waals surface area contributed by atoms with Gasteiger partial charge in [-0.2, -0.15) is 0 Å². The molecule has 4 rings (SSSR count). The van der Waals surface area contributed by atoms with E-state index in [1.54, 1.807) is 6.92 Å². The van der Waals surface area contributed by atoms with Gasteiger partial charge in [0.1, 0.15) is 5.82 Å². The highest BCUT2D eigenvalue weighted by atomic mass is 32.2. The molecule has 1 aliphatic carbocycles. The van der Waals surface area contributed by atoms with Crippen LogP contribution in [0.3, 0.4) is 0 Å². The first-order valence-corrected chi connectivity index (χ1v) is 9.76. The molecule has 0 radical (unpaired) electrons.